The number of carbonyl (C=O) groups excluding carboxylic acids is 2. The van der Waals surface area contributed by atoms with Gasteiger partial charge in [0.25, 0.3) is 5.91 Å². The highest BCUT2D eigenvalue weighted by molar-refractivity contribution is 5.94. The molecule has 5 N–H and O–H groups in total. The zero-order valence-electron chi connectivity index (χ0n) is 19.1. The van der Waals surface area contributed by atoms with Crippen LogP contribution in [0, 0.1) is 0 Å². The second kappa shape index (κ2) is 11.4. The summed E-state index contributed by atoms with van der Waals surface area (Å²) in [5.41, 5.74) is 9.91. The highest BCUT2D eigenvalue weighted by Crippen LogP contribution is 2.22. The molecule has 3 aromatic rings. The summed E-state index contributed by atoms with van der Waals surface area (Å²) in [6.07, 6.45) is 9.45. The lowest BCUT2D eigenvalue weighted by Crippen LogP contribution is -2.31. The van der Waals surface area contributed by atoms with Crippen LogP contribution in [0.25, 0.3) is 11.3 Å². The lowest BCUT2D eigenvalue weighted by molar-refractivity contribution is 0.0998. The van der Waals surface area contributed by atoms with E-state index in [4.69, 9.17) is 10.7 Å². The Morgan fingerprint density at radius 3 is 2.47 bits per heavy atom. The molecular weight excluding hydrogens is 428 g/mol. The molecule has 3 amide bonds. The van der Waals surface area contributed by atoms with Crippen LogP contribution in [0.5, 0.6) is 0 Å². The van der Waals surface area contributed by atoms with Gasteiger partial charge < -0.3 is 21.7 Å². The Morgan fingerprint density at radius 2 is 1.76 bits per heavy atom. The van der Waals surface area contributed by atoms with Crippen molar-refractivity contribution in [1.82, 2.24) is 20.6 Å². The number of hydrogen-bond donors (Lipinski definition) is 4. The maximum Gasteiger partial charge on any atom is 0.319 e. The topological polar surface area (TPSA) is 122 Å². The number of carbonyl (C=O) groups is 2. The molecule has 1 saturated carbocycles. The van der Waals surface area contributed by atoms with Crippen molar-refractivity contribution in [3.63, 3.8) is 0 Å². The van der Waals surface area contributed by atoms with Crippen molar-refractivity contribution in [2.45, 2.75) is 51.2 Å². The van der Waals surface area contributed by atoms with Crippen LogP contribution < -0.4 is 21.7 Å². The molecule has 1 fully saturated rings. The molecule has 0 bridgehead atoms. The largest absolute Gasteiger partial charge is 0.366 e. The molecule has 0 aliphatic heterocycles. The number of rotatable bonds is 8. The molecule has 0 saturated heterocycles. The van der Waals surface area contributed by atoms with Crippen LogP contribution in [0.15, 0.2) is 60.9 Å². The van der Waals surface area contributed by atoms with Crippen LogP contribution in [0.4, 0.5) is 10.5 Å². The molecular formula is C26H30N6O2. The molecule has 1 aliphatic rings. The summed E-state index contributed by atoms with van der Waals surface area (Å²) in [5.74, 6) is -0.476. The van der Waals surface area contributed by atoms with Crippen molar-refractivity contribution < 1.29 is 9.59 Å². The number of benzene rings is 1. The van der Waals surface area contributed by atoms with Gasteiger partial charge in [0.05, 0.1) is 17.0 Å². The minimum atomic E-state index is -0.476. The molecule has 2 aromatic heterocycles. The number of nitrogens with one attached hydrogen (secondary N) is 3. The highest BCUT2D eigenvalue weighted by atomic mass is 16.2. The Hall–Kier alpha value is -3.78. The molecule has 34 heavy (non-hydrogen) atoms. The third-order valence-corrected chi connectivity index (χ3v) is 6.02. The maximum absolute atomic E-state index is 12.2. The van der Waals surface area contributed by atoms with E-state index in [1.54, 1.807) is 24.5 Å². The van der Waals surface area contributed by atoms with E-state index in [9.17, 15) is 9.59 Å². The van der Waals surface area contributed by atoms with Gasteiger partial charge in [-0.25, -0.2) is 4.79 Å². The number of amides is 3. The van der Waals surface area contributed by atoms with Crippen LogP contribution >= 0.6 is 0 Å². The lowest BCUT2D eigenvalue weighted by atomic mass is 9.95. The quantitative estimate of drug-likeness (QED) is 0.407. The number of hydrogen-bond acceptors (Lipinski definition) is 5. The first-order valence-electron chi connectivity index (χ1n) is 11.7. The van der Waals surface area contributed by atoms with Gasteiger partial charge in [0.1, 0.15) is 0 Å². The van der Waals surface area contributed by atoms with E-state index in [1.807, 2.05) is 36.4 Å². The normalized spacial score (nSPS) is 13.9. The number of nitrogens with zero attached hydrogens (tertiary/aromatic N) is 2. The van der Waals surface area contributed by atoms with Gasteiger partial charge in [-0.1, -0.05) is 37.5 Å². The standard InChI is InChI=1S/C26H30N6O2/c27-25(33)22-12-13-23(32-24(22)17-29-20-6-2-1-3-7-20)19-8-10-21(11-9-19)31-26(34)30-16-18-5-4-14-28-15-18/h4-5,8-15,20,29H,1-3,6-7,16-17H2,(H2,27,33)(H2,30,31,34). The Morgan fingerprint density at radius 1 is 0.971 bits per heavy atom. The Bertz CT molecular complexity index is 1110. The van der Waals surface area contributed by atoms with Crippen LogP contribution in [0.2, 0.25) is 0 Å². The number of pyridine rings is 2. The van der Waals surface area contributed by atoms with Gasteiger partial charge in [-0.3, -0.25) is 14.8 Å². The van der Waals surface area contributed by atoms with E-state index >= 15 is 0 Å². The summed E-state index contributed by atoms with van der Waals surface area (Å²) >= 11 is 0. The zero-order chi connectivity index (χ0) is 23.8. The second-order valence-electron chi connectivity index (χ2n) is 8.52. The summed E-state index contributed by atoms with van der Waals surface area (Å²) < 4.78 is 0. The van der Waals surface area contributed by atoms with Crippen LogP contribution in [-0.2, 0) is 13.1 Å². The van der Waals surface area contributed by atoms with Gasteiger partial charge in [-0.2, -0.15) is 0 Å². The van der Waals surface area contributed by atoms with E-state index in [-0.39, 0.29) is 6.03 Å². The van der Waals surface area contributed by atoms with Crippen LogP contribution in [0.1, 0.15) is 53.7 Å². The van der Waals surface area contributed by atoms with Gasteiger partial charge in [0.15, 0.2) is 0 Å². The average Bonchev–Trinajstić information content (AvgIpc) is 2.88. The molecule has 0 spiro atoms. The van der Waals surface area contributed by atoms with Gasteiger partial charge in [0, 0.05) is 42.8 Å². The molecule has 0 atom stereocenters. The summed E-state index contributed by atoms with van der Waals surface area (Å²) in [7, 11) is 0. The fourth-order valence-corrected chi connectivity index (χ4v) is 4.15. The van der Waals surface area contributed by atoms with E-state index in [1.165, 1.54) is 19.3 Å². The lowest BCUT2D eigenvalue weighted by Gasteiger charge is -2.23. The van der Waals surface area contributed by atoms with E-state index in [0.717, 1.165) is 29.7 Å². The Balaban J connectivity index is 1.39. The Labute approximate surface area is 199 Å². The number of aromatic nitrogens is 2. The molecule has 1 aromatic carbocycles. The maximum atomic E-state index is 12.2. The van der Waals surface area contributed by atoms with Gasteiger partial charge in [0.2, 0.25) is 0 Å². The van der Waals surface area contributed by atoms with Crippen molar-refractivity contribution >= 4 is 17.6 Å². The first-order valence-corrected chi connectivity index (χ1v) is 11.7. The van der Waals surface area contributed by atoms with Crippen LogP contribution in [0.3, 0.4) is 0 Å². The summed E-state index contributed by atoms with van der Waals surface area (Å²) in [6.45, 7) is 0.902. The predicted octanol–water partition coefficient (Wildman–Crippen LogP) is 3.99. The van der Waals surface area contributed by atoms with Crippen molar-refractivity contribution in [3.05, 3.63) is 77.7 Å². The number of anilines is 1. The van der Waals surface area contributed by atoms with Gasteiger partial charge in [-0.15, -0.1) is 0 Å². The second-order valence-corrected chi connectivity index (χ2v) is 8.52. The van der Waals surface area contributed by atoms with Crippen molar-refractivity contribution in [1.29, 1.82) is 0 Å². The fourth-order valence-electron chi connectivity index (χ4n) is 4.15. The Kier molecular flexibility index (Phi) is 7.83. The van der Waals surface area contributed by atoms with Crippen LogP contribution in [-0.4, -0.2) is 27.9 Å². The highest BCUT2D eigenvalue weighted by Gasteiger charge is 2.16. The minimum Gasteiger partial charge on any atom is -0.366 e. The van der Waals surface area contributed by atoms with Crippen molar-refractivity contribution in [3.8, 4) is 11.3 Å². The average molecular weight is 459 g/mol. The summed E-state index contributed by atoms with van der Waals surface area (Å²) in [4.78, 5) is 32.9. The van der Waals surface area contributed by atoms with E-state index in [2.05, 4.69) is 20.9 Å². The van der Waals surface area contributed by atoms with Crippen molar-refractivity contribution in [2.24, 2.45) is 5.73 Å². The summed E-state index contributed by atoms with van der Waals surface area (Å²) in [6, 6.07) is 14.8. The molecule has 0 radical (unpaired) electrons. The molecule has 0 unspecified atom stereocenters. The molecule has 2 heterocycles. The molecule has 8 nitrogen and oxygen atoms in total. The van der Waals surface area contributed by atoms with E-state index in [0.29, 0.717) is 36.1 Å². The van der Waals surface area contributed by atoms with E-state index < -0.39 is 5.91 Å². The predicted molar refractivity (Wildman–Crippen MR) is 132 cm³/mol. The minimum absolute atomic E-state index is 0.295. The van der Waals surface area contributed by atoms with Gasteiger partial charge in [-0.05, 0) is 48.7 Å². The third kappa shape index (κ3) is 6.39. The number of nitrogens with two attached hydrogens (primary N) is 1. The molecule has 4 rings (SSSR count). The fraction of sp³-hybridized carbons (Fsp3) is 0.308. The molecule has 8 heteroatoms. The third-order valence-electron chi connectivity index (χ3n) is 6.02. The number of urea groups is 1. The molecule has 176 valence electrons. The SMILES string of the molecule is NC(=O)c1ccc(-c2ccc(NC(=O)NCc3cccnc3)cc2)nc1CNC1CCCCC1. The van der Waals surface area contributed by atoms with Gasteiger partial charge >= 0.3 is 6.03 Å². The first kappa shape index (κ1) is 23.4. The summed E-state index contributed by atoms with van der Waals surface area (Å²) in [5, 5.41) is 9.16. The number of primary amides is 1. The smallest absolute Gasteiger partial charge is 0.319 e. The van der Waals surface area contributed by atoms with Crippen molar-refractivity contribution in [2.75, 3.05) is 5.32 Å². The monoisotopic (exact) mass is 458 g/mol. The first-order chi connectivity index (χ1) is 16.6. The molecule has 1 aliphatic carbocycles. The zero-order valence-corrected chi connectivity index (χ0v) is 19.1.